The first-order chi connectivity index (χ1) is 12.7. The Labute approximate surface area is 167 Å². The van der Waals surface area contributed by atoms with Crippen molar-refractivity contribution < 1.29 is 4.74 Å². The smallest absolute Gasteiger partial charge is 0.147 e. The van der Waals surface area contributed by atoms with Crippen molar-refractivity contribution >= 4 is 12.4 Å². The number of nitrogens with one attached hydrogen (secondary N) is 1. The average Bonchev–Trinajstić information content (AvgIpc) is 3.06. The molecule has 0 amide bonds. The van der Waals surface area contributed by atoms with E-state index in [-0.39, 0.29) is 12.4 Å². The number of aromatic nitrogens is 3. The van der Waals surface area contributed by atoms with E-state index in [1.165, 1.54) is 35.4 Å². The highest BCUT2D eigenvalue weighted by Crippen LogP contribution is 2.30. The molecule has 0 unspecified atom stereocenters. The molecule has 0 aliphatic carbocycles. The summed E-state index contributed by atoms with van der Waals surface area (Å²) in [6, 6.07) is 4.53. The summed E-state index contributed by atoms with van der Waals surface area (Å²) in [6.45, 7) is 10.4. The molecule has 148 valence electrons. The molecule has 0 bridgehead atoms. The summed E-state index contributed by atoms with van der Waals surface area (Å²) in [7, 11) is 1.75. The summed E-state index contributed by atoms with van der Waals surface area (Å²) in [5, 5.41) is 12.3. The first kappa shape index (κ1) is 20.1. The Morgan fingerprint density at radius 3 is 2.48 bits per heavy atom. The molecule has 2 aromatic rings. The number of rotatable bonds is 4. The Balaban J connectivity index is 0.00000210. The van der Waals surface area contributed by atoms with Crippen molar-refractivity contribution in [1.82, 2.24) is 25.0 Å². The standard InChI is InChI=1S/C20H29N5O.ClH/c1-14-10-16(11-15(2)19(14)26-3)13-24-7-4-17(5-8-24)20-23-22-18-12-21-6-9-25(18)20;/h10-11,17,21H,4-9,12-13H2,1-3H3;1H. The number of aryl methyl sites for hydroxylation is 2. The first-order valence-electron chi connectivity index (χ1n) is 9.65. The lowest BCUT2D eigenvalue weighted by Crippen LogP contribution is -2.34. The molecule has 4 rings (SSSR count). The number of ether oxygens (including phenoxy) is 1. The van der Waals surface area contributed by atoms with Gasteiger partial charge in [0, 0.05) is 25.6 Å². The maximum atomic E-state index is 5.49. The second kappa shape index (κ2) is 8.59. The molecule has 0 spiro atoms. The van der Waals surface area contributed by atoms with Crippen LogP contribution in [0.2, 0.25) is 0 Å². The Kier molecular flexibility index (Phi) is 6.40. The zero-order valence-corrected chi connectivity index (χ0v) is 17.3. The van der Waals surface area contributed by atoms with Gasteiger partial charge in [0.1, 0.15) is 17.4 Å². The van der Waals surface area contributed by atoms with Gasteiger partial charge < -0.3 is 14.6 Å². The third kappa shape index (κ3) is 4.13. The van der Waals surface area contributed by atoms with Crippen LogP contribution >= 0.6 is 12.4 Å². The zero-order valence-electron chi connectivity index (χ0n) is 16.5. The minimum Gasteiger partial charge on any atom is -0.496 e. The van der Waals surface area contributed by atoms with Crippen LogP contribution in [0.4, 0.5) is 0 Å². The number of hydrogen-bond donors (Lipinski definition) is 1. The molecule has 0 atom stereocenters. The second-order valence-corrected chi connectivity index (χ2v) is 7.62. The fourth-order valence-electron chi connectivity index (χ4n) is 4.48. The van der Waals surface area contributed by atoms with Crippen LogP contribution in [-0.4, -0.2) is 46.4 Å². The van der Waals surface area contributed by atoms with Gasteiger partial charge in [-0.3, -0.25) is 4.90 Å². The normalized spacial score (nSPS) is 18.0. The molecule has 2 aliphatic heterocycles. The monoisotopic (exact) mass is 391 g/mol. The van der Waals surface area contributed by atoms with Crippen molar-refractivity contribution in [1.29, 1.82) is 0 Å². The van der Waals surface area contributed by atoms with Gasteiger partial charge in [-0.15, -0.1) is 22.6 Å². The highest BCUT2D eigenvalue weighted by Gasteiger charge is 2.27. The number of fused-ring (bicyclic) bond motifs is 1. The fourth-order valence-corrected chi connectivity index (χ4v) is 4.48. The van der Waals surface area contributed by atoms with Gasteiger partial charge in [-0.25, -0.2) is 0 Å². The highest BCUT2D eigenvalue weighted by atomic mass is 35.5. The Hall–Kier alpha value is -1.63. The summed E-state index contributed by atoms with van der Waals surface area (Å²) < 4.78 is 7.83. The van der Waals surface area contributed by atoms with Gasteiger partial charge in [0.05, 0.1) is 13.7 Å². The van der Waals surface area contributed by atoms with Crippen LogP contribution in [0, 0.1) is 13.8 Å². The number of hydrogen-bond acceptors (Lipinski definition) is 5. The molecule has 7 heteroatoms. The molecular weight excluding hydrogens is 362 g/mol. The van der Waals surface area contributed by atoms with Crippen molar-refractivity contribution in [2.75, 3.05) is 26.7 Å². The van der Waals surface area contributed by atoms with Gasteiger partial charge >= 0.3 is 0 Å². The molecule has 1 aromatic carbocycles. The van der Waals surface area contributed by atoms with Crippen molar-refractivity contribution in [2.24, 2.45) is 0 Å². The van der Waals surface area contributed by atoms with Crippen LogP contribution in [0.3, 0.4) is 0 Å². The first-order valence-corrected chi connectivity index (χ1v) is 9.65. The van der Waals surface area contributed by atoms with Crippen molar-refractivity contribution in [3.63, 3.8) is 0 Å². The number of halogens is 1. The predicted molar refractivity (Wildman–Crippen MR) is 109 cm³/mol. The van der Waals surface area contributed by atoms with Gasteiger partial charge in [-0.1, -0.05) is 12.1 Å². The van der Waals surface area contributed by atoms with E-state index in [1.54, 1.807) is 7.11 Å². The van der Waals surface area contributed by atoms with E-state index in [0.29, 0.717) is 5.92 Å². The Bertz CT molecular complexity index is 760. The third-order valence-corrected chi connectivity index (χ3v) is 5.73. The Morgan fingerprint density at radius 1 is 1.11 bits per heavy atom. The van der Waals surface area contributed by atoms with Crippen LogP contribution in [0.5, 0.6) is 5.75 Å². The van der Waals surface area contributed by atoms with E-state index in [0.717, 1.165) is 50.8 Å². The van der Waals surface area contributed by atoms with Gasteiger partial charge in [-0.2, -0.15) is 0 Å². The van der Waals surface area contributed by atoms with Crippen molar-refractivity contribution in [3.8, 4) is 5.75 Å². The van der Waals surface area contributed by atoms with E-state index in [4.69, 9.17) is 4.74 Å². The average molecular weight is 392 g/mol. The molecule has 0 saturated carbocycles. The second-order valence-electron chi connectivity index (χ2n) is 7.62. The molecule has 0 radical (unpaired) electrons. The van der Waals surface area contributed by atoms with Gasteiger partial charge in [0.15, 0.2) is 0 Å². The lowest BCUT2D eigenvalue weighted by Gasteiger charge is -2.32. The molecule has 6 nitrogen and oxygen atoms in total. The van der Waals surface area contributed by atoms with E-state index in [1.807, 2.05) is 0 Å². The number of benzene rings is 1. The predicted octanol–water partition coefficient (Wildman–Crippen LogP) is 2.81. The van der Waals surface area contributed by atoms with Crippen LogP contribution in [-0.2, 0) is 19.6 Å². The van der Waals surface area contributed by atoms with Gasteiger partial charge in [-0.05, 0) is 56.5 Å². The molecule has 27 heavy (non-hydrogen) atoms. The van der Waals surface area contributed by atoms with E-state index >= 15 is 0 Å². The topological polar surface area (TPSA) is 55.2 Å². The van der Waals surface area contributed by atoms with Crippen molar-refractivity contribution in [3.05, 3.63) is 40.5 Å². The molecule has 1 N–H and O–H groups in total. The lowest BCUT2D eigenvalue weighted by molar-refractivity contribution is 0.199. The summed E-state index contributed by atoms with van der Waals surface area (Å²) in [4.78, 5) is 2.56. The number of nitrogens with zero attached hydrogens (tertiary/aromatic N) is 4. The Morgan fingerprint density at radius 2 is 1.81 bits per heavy atom. The molecule has 1 saturated heterocycles. The van der Waals surface area contributed by atoms with Crippen LogP contribution in [0.25, 0.3) is 0 Å². The van der Waals surface area contributed by atoms with Crippen molar-refractivity contribution in [2.45, 2.75) is 52.2 Å². The quantitative estimate of drug-likeness (QED) is 0.868. The fraction of sp³-hybridized carbons (Fsp3) is 0.600. The maximum Gasteiger partial charge on any atom is 0.147 e. The SMILES string of the molecule is COc1c(C)cc(CN2CCC(c3nnc4n3CCNC4)CC2)cc1C.Cl. The van der Waals surface area contributed by atoms with Gasteiger partial charge in [0.25, 0.3) is 0 Å². The van der Waals surface area contributed by atoms with Crippen LogP contribution < -0.4 is 10.1 Å². The molecule has 1 aromatic heterocycles. The lowest BCUT2D eigenvalue weighted by atomic mass is 9.95. The highest BCUT2D eigenvalue weighted by molar-refractivity contribution is 5.85. The minimum atomic E-state index is 0. The van der Waals surface area contributed by atoms with Crippen LogP contribution in [0.1, 0.15) is 47.1 Å². The molecular formula is C20H30ClN5O. The minimum absolute atomic E-state index is 0. The van der Waals surface area contributed by atoms with E-state index in [2.05, 4.69) is 51.0 Å². The summed E-state index contributed by atoms with van der Waals surface area (Å²) in [5.74, 6) is 3.86. The molecule has 3 heterocycles. The van der Waals surface area contributed by atoms with E-state index < -0.39 is 0 Å². The van der Waals surface area contributed by atoms with E-state index in [9.17, 15) is 0 Å². The van der Waals surface area contributed by atoms with Gasteiger partial charge in [0.2, 0.25) is 0 Å². The summed E-state index contributed by atoms with van der Waals surface area (Å²) >= 11 is 0. The molecule has 2 aliphatic rings. The number of methoxy groups -OCH3 is 1. The number of likely N-dealkylation sites (tertiary alicyclic amines) is 1. The van der Waals surface area contributed by atoms with Crippen LogP contribution in [0.15, 0.2) is 12.1 Å². The maximum absolute atomic E-state index is 5.49. The summed E-state index contributed by atoms with van der Waals surface area (Å²) in [6.07, 6.45) is 2.33. The number of piperidine rings is 1. The zero-order chi connectivity index (χ0) is 18.1. The molecule has 1 fully saturated rings. The largest absolute Gasteiger partial charge is 0.496 e. The summed E-state index contributed by atoms with van der Waals surface area (Å²) in [5.41, 5.74) is 3.83. The third-order valence-electron chi connectivity index (χ3n) is 5.73.